The SMILES string of the molecule is CN(CC(=O)N(C)Cc1c(F)cccc1Cl)CC1CCCC1O. The van der Waals surface area contributed by atoms with E-state index in [2.05, 4.69) is 0 Å². The van der Waals surface area contributed by atoms with Crippen molar-refractivity contribution in [3.05, 3.63) is 34.6 Å². The maximum absolute atomic E-state index is 13.8. The van der Waals surface area contributed by atoms with Crippen molar-refractivity contribution in [2.24, 2.45) is 5.92 Å². The van der Waals surface area contributed by atoms with Crippen molar-refractivity contribution in [1.82, 2.24) is 9.80 Å². The molecule has 1 amide bonds. The Labute approximate surface area is 141 Å². The van der Waals surface area contributed by atoms with Crippen LogP contribution in [0.5, 0.6) is 0 Å². The predicted molar refractivity (Wildman–Crippen MR) is 88.7 cm³/mol. The van der Waals surface area contributed by atoms with Gasteiger partial charge in [-0.05, 0) is 37.9 Å². The molecule has 1 aromatic carbocycles. The van der Waals surface area contributed by atoms with Gasteiger partial charge in [-0.3, -0.25) is 9.69 Å². The third-order valence-electron chi connectivity index (χ3n) is 4.45. The van der Waals surface area contributed by atoms with Crippen LogP contribution in [0.1, 0.15) is 24.8 Å². The average molecular weight is 343 g/mol. The van der Waals surface area contributed by atoms with E-state index in [1.165, 1.54) is 11.0 Å². The summed E-state index contributed by atoms with van der Waals surface area (Å²) in [6.45, 7) is 1.08. The molecule has 1 aliphatic rings. The second-order valence-electron chi connectivity index (χ2n) is 6.41. The number of carbonyl (C=O) groups excluding carboxylic acids is 1. The molecule has 1 N–H and O–H groups in total. The first-order chi connectivity index (χ1) is 10.9. The first kappa shape index (κ1) is 18.2. The van der Waals surface area contributed by atoms with Crippen LogP contribution in [0.2, 0.25) is 5.02 Å². The van der Waals surface area contributed by atoms with Crippen molar-refractivity contribution in [3.63, 3.8) is 0 Å². The number of amides is 1. The molecular formula is C17H24ClFN2O2. The number of rotatable bonds is 6. The topological polar surface area (TPSA) is 43.8 Å². The molecule has 0 heterocycles. The molecule has 2 rings (SSSR count). The van der Waals surface area contributed by atoms with Gasteiger partial charge in [0.05, 0.1) is 12.6 Å². The largest absolute Gasteiger partial charge is 0.393 e. The minimum absolute atomic E-state index is 0.0979. The fourth-order valence-electron chi connectivity index (χ4n) is 3.06. The monoisotopic (exact) mass is 342 g/mol. The zero-order chi connectivity index (χ0) is 17.0. The highest BCUT2D eigenvalue weighted by Gasteiger charge is 2.27. The quantitative estimate of drug-likeness (QED) is 0.864. The number of hydrogen-bond acceptors (Lipinski definition) is 3. The van der Waals surface area contributed by atoms with E-state index in [9.17, 15) is 14.3 Å². The van der Waals surface area contributed by atoms with Crippen molar-refractivity contribution in [1.29, 1.82) is 0 Å². The van der Waals surface area contributed by atoms with Gasteiger partial charge < -0.3 is 10.0 Å². The Bertz CT molecular complexity index is 535. The van der Waals surface area contributed by atoms with Crippen LogP contribution in [-0.4, -0.2) is 54.1 Å². The van der Waals surface area contributed by atoms with Crippen LogP contribution < -0.4 is 0 Å². The predicted octanol–water partition coefficient (Wildman–Crippen LogP) is 2.53. The molecule has 0 bridgehead atoms. The Kier molecular flexibility index (Phi) is 6.39. The van der Waals surface area contributed by atoms with Crippen LogP contribution in [0, 0.1) is 11.7 Å². The van der Waals surface area contributed by atoms with Crippen LogP contribution in [-0.2, 0) is 11.3 Å². The molecule has 0 aliphatic heterocycles. The summed E-state index contributed by atoms with van der Waals surface area (Å²) in [7, 11) is 3.51. The van der Waals surface area contributed by atoms with Gasteiger partial charge in [-0.2, -0.15) is 0 Å². The maximum Gasteiger partial charge on any atom is 0.236 e. The Morgan fingerprint density at radius 2 is 2.13 bits per heavy atom. The summed E-state index contributed by atoms with van der Waals surface area (Å²) in [5, 5.41) is 10.2. The van der Waals surface area contributed by atoms with Crippen molar-refractivity contribution in [2.75, 3.05) is 27.2 Å². The minimum atomic E-state index is -0.403. The lowest BCUT2D eigenvalue weighted by Gasteiger charge is -2.25. The number of halogens is 2. The molecule has 1 saturated carbocycles. The van der Waals surface area contributed by atoms with Crippen LogP contribution in [0.3, 0.4) is 0 Å². The highest BCUT2D eigenvalue weighted by Crippen LogP contribution is 2.26. The summed E-state index contributed by atoms with van der Waals surface area (Å²) in [5.74, 6) is -0.266. The van der Waals surface area contributed by atoms with Crippen molar-refractivity contribution >= 4 is 17.5 Å². The molecule has 23 heavy (non-hydrogen) atoms. The van der Waals surface area contributed by atoms with Gasteiger partial charge >= 0.3 is 0 Å². The number of aliphatic hydroxyl groups excluding tert-OH is 1. The second-order valence-corrected chi connectivity index (χ2v) is 6.81. The molecule has 6 heteroatoms. The second kappa shape index (κ2) is 8.08. The van der Waals surface area contributed by atoms with E-state index in [0.717, 1.165) is 19.3 Å². The van der Waals surface area contributed by atoms with E-state index in [1.54, 1.807) is 19.2 Å². The van der Waals surface area contributed by atoms with E-state index in [-0.39, 0.29) is 31.0 Å². The first-order valence-electron chi connectivity index (χ1n) is 7.92. The lowest BCUT2D eigenvalue weighted by molar-refractivity contribution is -0.131. The normalized spacial score (nSPS) is 21.0. The number of benzene rings is 1. The van der Waals surface area contributed by atoms with E-state index in [4.69, 9.17) is 11.6 Å². The van der Waals surface area contributed by atoms with E-state index in [0.29, 0.717) is 17.1 Å². The molecule has 0 radical (unpaired) electrons. The molecule has 4 nitrogen and oxygen atoms in total. The molecule has 1 aromatic rings. The molecule has 2 atom stereocenters. The molecule has 128 valence electrons. The lowest BCUT2D eigenvalue weighted by Crippen LogP contribution is -2.39. The Morgan fingerprint density at radius 1 is 1.39 bits per heavy atom. The first-order valence-corrected chi connectivity index (χ1v) is 8.29. The number of nitrogens with zero attached hydrogens (tertiary/aromatic N) is 2. The smallest absolute Gasteiger partial charge is 0.236 e. The Balaban J connectivity index is 1.87. The fourth-order valence-corrected chi connectivity index (χ4v) is 3.28. The van der Waals surface area contributed by atoms with Gasteiger partial charge in [0.25, 0.3) is 0 Å². The van der Waals surface area contributed by atoms with Gasteiger partial charge in [0.15, 0.2) is 0 Å². The number of likely N-dealkylation sites (N-methyl/N-ethyl adjacent to an activating group) is 2. The zero-order valence-corrected chi connectivity index (χ0v) is 14.4. The molecule has 0 spiro atoms. The summed E-state index contributed by atoms with van der Waals surface area (Å²) in [6.07, 6.45) is 2.63. The fraction of sp³-hybridized carbons (Fsp3) is 0.588. The molecule has 1 fully saturated rings. The summed E-state index contributed by atoms with van der Waals surface area (Å²) >= 11 is 6.00. The van der Waals surface area contributed by atoms with Crippen LogP contribution in [0.25, 0.3) is 0 Å². The standard InChI is InChI=1S/C17H24ClFN2O2/c1-20(9-12-5-3-8-16(12)22)11-17(23)21(2)10-13-14(18)6-4-7-15(13)19/h4,6-7,12,16,22H,3,5,8-11H2,1-2H3. The number of hydrogen-bond donors (Lipinski definition) is 1. The number of aliphatic hydroxyl groups is 1. The molecule has 2 unspecified atom stereocenters. The maximum atomic E-state index is 13.8. The van der Waals surface area contributed by atoms with Crippen molar-refractivity contribution in [3.8, 4) is 0 Å². The van der Waals surface area contributed by atoms with Gasteiger partial charge in [-0.1, -0.05) is 24.1 Å². The molecule has 0 saturated heterocycles. The average Bonchev–Trinajstić information content (AvgIpc) is 2.88. The summed E-state index contributed by atoms with van der Waals surface area (Å²) in [5.41, 5.74) is 0.332. The highest BCUT2D eigenvalue weighted by atomic mass is 35.5. The van der Waals surface area contributed by atoms with Crippen molar-refractivity contribution in [2.45, 2.75) is 31.9 Å². The van der Waals surface area contributed by atoms with E-state index >= 15 is 0 Å². The number of carbonyl (C=O) groups is 1. The summed E-state index contributed by atoms with van der Waals surface area (Å²) in [4.78, 5) is 15.7. The van der Waals surface area contributed by atoms with E-state index < -0.39 is 5.82 Å². The Hall–Kier alpha value is -1.17. The minimum Gasteiger partial charge on any atom is -0.393 e. The van der Waals surface area contributed by atoms with Gasteiger partial charge in [0.2, 0.25) is 5.91 Å². The van der Waals surface area contributed by atoms with Gasteiger partial charge in [-0.25, -0.2) is 4.39 Å². The van der Waals surface area contributed by atoms with Gasteiger partial charge in [0.1, 0.15) is 5.82 Å². The Morgan fingerprint density at radius 3 is 2.74 bits per heavy atom. The highest BCUT2D eigenvalue weighted by molar-refractivity contribution is 6.31. The van der Waals surface area contributed by atoms with E-state index in [1.807, 2.05) is 11.9 Å². The summed E-state index contributed by atoms with van der Waals surface area (Å²) < 4.78 is 13.8. The summed E-state index contributed by atoms with van der Waals surface area (Å²) in [6, 6.07) is 4.50. The zero-order valence-electron chi connectivity index (χ0n) is 13.6. The van der Waals surface area contributed by atoms with Crippen LogP contribution in [0.15, 0.2) is 18.2 Å². The van der Waals surface area contributed by atoms with Gasteiger partial charge in [0, 0.05) is 30.7 Å². The van der Waals surface area contributed by atoms with Gasteiger partial charge in [-0.15, -0.1) is 0 Å². The molecule has 1 aliphatic carbocycles. The third kappa shape index (κ3) is 4.90. The third-order valence-corrected chi connectivity index (χ3v) is 4.81. The van der Waals surface area contributed by atoms with Crippen LogP contribution in [0.4, 0.5) is 4.39 Å². The lowest BCUT2D eigenvalue weighted by atomic mass is 10.1. The van der Waals surface area contributed by atoms with Crippen LogP contribution >= 0.6 is 11.6 Å². The molecular weight excluding hydrogens is 319 g/mol. The van der Waals surface area contributed by atoms with Crippen molar-refractivity contribution < 1.29 is 14.3 Å². The molecule has 0 aromatic heterocycles.